The van der Waals surface area contributed by atoms with E-state index in [0.29, 0.717) is 28.8 Å². The number of thioether (sulfide) groups is 1. The van der Waals surface area contributed by atoms with Crippen LogP contribution in [0.25, 0.3) is 0 Å². The van der Waals surface area contributed by atoms with Crippen LogP contribution in [0.4, 0.5) is 5.69 Å². The second-order valence-electron chi connectivity index (χ2n) is 6.21. The second kappa shape index (κ2) is 10.4. The normalized spacial score (nSPS) is 10.5. The zero-order chi connectivity index (χ0) is 22.2. The van der Waals surface area contributed by atoms with E-state index in [-0.39, 0.29) is 29.9 Å². The number of furan rings is 1. The zero-order valence-corrected chi connectivity index (χ0v) is 17.8. The quantitative estimate of drug-likeness (QED) is 0.381. The van der Waals surface area contributed by atoms with Gasteiger partial charge in [0.15, 0.2) is 16.7 Å². The third-order valence-corrected chi connectivity index (χ3v) is 5.13. The number of hydrogen-bond acceptors (Lipinski definition) is 8. The fraction of sp³-hybridized carbons (Fsp3) is 0.250. The maximum absolute atomic E-state index is 12.3. The number of ether oxygens (including phenoxy) is 1. The van der Waals surface area contributed by atoms with Crippen molar-refractivity contribution in [3.8, 4) is 0 Å². The molecule has 0 radical (unpaired) electrons. The molecule has 0 aliphatic rings. The van der Waals surface area contributed by atoms with E-state index in [9.17, 15) is 14.4 Å². The van der Waals surface area contributed by atoms with Gasteiger partial charge in [0.05, 0.1) is 31.2 Å². The molecule has 3 aromatic rings. The summed E-state index contributed by atoms with van der Waals surface area (Å²) in [4.78, 5) is 35.9. The number of carbonyl (C=O) groups is 3. The third-order valence-electron chi connectivity index (χ3n) is 4.16. The van der Waals surface area contributed by atoms with Crippen molar-refractivity contribution in [2.75, 3.05) is 18.2 Å². The number of anilines is 1. The van der Waals surface area contributed by atoms with Crippen LogP contribution >= 0.6 is 11.8 Å². The van der Waals surface area contributed by atoms with E-state index in [2.05, 4.69) is 25.6 Å². The molecule has 31 heavy (non-hydrogen) atoms. The molecule has 2 N–H and O–H groups in total. The number of aromatic nitrogens is 3. The minimum absolute atomic E-state index is 0.0966. The fourth-order valence-corrected chi connectivity index (χ4v) is 3.52. The molecule has 162 valence electrons. The first kappa shape index (κ1) is 22.1. The number of methoxy groups -OCH3 is 1. The molecule has 0 spiro atoms. The molecule has 0 saturated heterocycles. The van der Waals surface area contributed by atoms with Gasteiger partial charge >= 0.3 is 5.97 Å². The Hall–Kier alpha value is -3.60. The Bertz CT molecular complexity index is 1060. The summed E-state index contributed by atoms with van der Waals surface area (Å²) >= 11 is 1.22. The Morgan fingerprint density at radius 3 is 2.74 bits per heavy atom. The summed E-state index contributed by atoms with van der Waals surface area (Å²) in [5.74, 6) is -0.211. The van der Waals surface area contributed by atoms with E-state index in [0.717, 1.165) is 0 Å². The lowest BCUT2D eigenvalue weighted by Gasteiger charge is -2.09. The summed E-state index contributed by atoms with van der Waals surface area (Å²) in [5, 5.41) is 14.2. The molecule has 0 aliphatic carbocycles. The molecule has 0 fully saturated rings. The Kier molecular flexibility index (Phi) is 7.44. The fourth-order valence-electron chi connectivity index (χ4n) is 2.70. The topological polar surface area (TPSA) is 128 Å². The molecule has 2 aromatic heterocycles. The summed E-state index contributed by atoms with van der Waals surface area (Å²) in [6.45, 7) is 2.67. The number of rotatable bonds is 9. The van der Waals surface area contributed by atoms with Crippen LogP contribution in [0.3, 0.4) is 0 Å². The predicted octanol–water partition coefficient (Wildman–Crippen LogP) is 2.34. The maximum Gasteiger partial charge on any atom is 0.337 e. The molecule has 0 atom stereocenters. The van der Waals surface area contributed by atoms with Crippen LogP contribution in [0, 0.1) is 0 Å². The summed E-state index contributed by atoms with van der Waals surface area (Å²) in [6, 6.07) is 9.69. The van der Waals surface area contributed by atoms with Crippen LogP contribution in [0.15, 0.2) is 52.2 Å². The van der Waals surface area contributed by atoms with Crippen LogP contribution in [0.2, 0.25) is 0 Å². The van der Waals surface area contributed by atoms with Crippen molar-refractivity contribution in [3.63, 3.8) is 0 Å². The van der Waals surface area contributed by atoms with Crippen molar-refractivity contribution in [2.24, 2.45) is 0 Å². The van der Waals surface area contributed by atoms with Crippen molar-refractivity contribution >= 4 is 35.2 Å². The minimum Gasteiger partial charge on any atom is -0.465 e. The number of nitrogens with one attached hydrogen (secondary N) is 2. The van der Waals surface area contributed by atoms with Gasteiger partial charge in [-0.3, -0.25) is 9.59 Å². The average Bonchev–Trinajstić information content (AvgIpc) is 3.45. The van der Waals surface area contributed by atoms with Gasteiger partial charge < -0.3 is 24.4 Å². The van der Waals surface area contributed by atoms with Crippen molar-refractivity contribution in [1.82, 2.24) is 20.1 Å². The van der Waals surface area contributed by atoms with Crippen LogP contribution in [0.5, 0.6) is 0 Å². The summed E-state index contributed by atoms with van der Waals surface area (Å²) in [6.07, 6.45) is 1.43. The number of esters is 1. The van der Waals surface area contributed by atoms with Crippen LogP contribution in [0.1, 0.15) is 33.7 Å². The molecular formula is C20H21N5O5S. The van der Waals surface area contributed by atoms with E-state index < -0.39 is 5.97 Å². The molecule has 0 saturated carbocycles. The van der Waals surface area contributed by atoms with Crippen molar-refractivity contribution < 1.29 is 23.5 Å². The molecule has 0 aliphatic heterocycles. The van der Waals surface area contributed by atoms with Gasteiger partial charge in [0.2, 0.25) is 5.91 Å². The van der Waals surface area contributed by atoms with Gasteiger partial charge in [0.1, 0.15) is 0 Å². The Morgan fingerprint density at radius 2 is 2.03 bits per heavy atom. The van der Waals surface area contributed by atoms with Crippen molar-refractivity contribution in [3.05, 3.63) is 59.8 Å². The lowest BCUT2D eigenvalue weighted by atomic mass is 10.2. The maximum atomic E-state index is 12.3. The zero-order valence-electron chi connectivity index (χ0n) is 17.0. The van der Waals surface area contributed by atoms with E-state index in [1.54, 1.807) is 36.4 Å². The standard InChI is InChI=1S/C20H21N5O5S/c1-3-25-16(11-21-18(27)15-8-5-9-30-15)23-24-20(25)31-12-17(26)22-14-7-4-6-13(10-14)19(28)29-2/h4-10H,3,11-12H2,1-2H3,(H,21,27)(H,22,26). The first-order chi connectivity index (χ1) is 15.0. The smallest absolute Gasteiger partial charge is 0.337 e. The van der Waals surface area contributed by atoms with Crippen molar-refractivity contribution in [2.45, 2.75) is 25.2 Å². The highest BCUT2D eigenvalue weighted by molar-refractivity contribution is 7.99. The van der Waals surface area contributed by atoms with E-state index in [4.69, 9.17) is 4.42 Å². The largest absolute Gasteiger partial charge is 0.465 e. The van der Waals surface area contributed by atoms with Crippen LogP contribution in [-0.2, 0) is 22.6 Å². The molecule has 0 bridgehead atoms. The Balaban J connectivity index is 1.56. The first-order valence-electron chi connectivity index (χ1n) is 9.36. The lowest BCUT2D eigenvalue weighted by Crippen LogP contribution is -2.24. The van der Waals surface area contributed by atoms with E-state index in [1.807, 2.05) is 11.5 Å². The van der Waals surface area contributed by atoms with Crippen molar-refractivity contribution in [1.29, 1.82) is 0 Å². The van der Waals surface area contributed by atoms with Gasteiger partial charge in [-0.15, -0.1) is 10.2 Å². The van der Waals surface area contributed by atoms with Gasteiger partial charge in [-0.2, -0.15) is 0 Å². The lowest BCUT2D eigenvalue weighted by molar-refractivity contribution is -0.113. The molecule has 10 nitrogen and oxygen atoms in total. The highest BCUT2D eigenvalue weighted by Crippen LogP contribution is 2.18. The summed E-state index contributed by atoms with van der Waals surface area (Å²) < 4.78 is 11.6. The minimum atomic E-state index is -0.479. The molecule has 2 heterocycles. The molecule has 2 amide bonds. The number of benzene rings is 1. The van der Waals surface area contributed by atoms with Gasteiger partial charge in [-0.1, -0.05) is 17.8 Å². The number of amides is 2. The first-order valence-corrected chi connectivity index (χ1v) is 10.3. The molecular weight excluding hydrogens is 422 g/mol. The molecule has 1 aromatic carbocycles. The molecule has 0 unspecified atom stereocenters. The SMILES string of the molecule is CCn1c(CNC(=O)c2ccco2)nnc1SCC(=O)Nc1cccc(C(=O)OC)c1. The Morgan fingerprint density at radius 1 is 1.19 bits per heavy atom. The van der Waals surface area contributed by atoms with Gasteiger partial charge in [-0.25, -0.2) is 4.79 Å². The van der Waals surface area contributed by atoms with Gasteiger partial charge in [0, 0.05) is 12.2 Å². The molecule has 3 rings (SSSR count). The van der Waals surface area contributed by atoms with Crippen LogP contribution in [-0.4, -0.2) is 45.4 Å². The number of nitrogens with zero attached hydrogens (tertiary/aromatic N) is 3. The van der Waals surface area contributed by atoms with Gasteiger partial charge in [-0.05, 0) is 37.3 Å². The number of carbonyl (C=O) groups excluding carboxylic acids is 3. The van der Waals surface area contributed by atoms with Gasteiger partial charge in [0.25, 0.3) is 5.91 Å². The van der Waals surface area contributed by atoms with Crippen LogP contribution < -0.4 is 10.6 Å². The average molecular weight is 443 g/mol. The monoisotopic (exact) mass is 443 g/mol. The summed E-state index contributed by atoms with van der Waals surface area (Å²) in [5.41, 5.74) is 0.840. The highest BCUT2D eigenvalue weighted by atomic mass is 32.2. The highest BCUT2D eigenvalue weighted by Gasteiger charge is 2.15. The van der Waals surface area contributed by atoms with E-state index in [1.165, 1.54) is 25.1 Å². The second-order valence-corrected chi connectivity index (χ2v) is 7.15. The number of hydrogen-bond donors (Lipinski definition) is 2. The predicted molar refractivity (Wildman–Crippen MR) is 113 cm³/mol. The Labute approximate surface area is 182 Å². The third kappa shape index (κ3) is 5.72. The molecule has 11 heteroatoms. The summed E-state index contributed by atoms with van der Waals surface area (Å²) in [7, 11) is 1.30. The van der Waals surface area contributed by atoms with E-state index >= 15 is 0 Å².